The number of benzene rings is 1. The van der Waals surface area contributed by atoms with E-state index in [1.165, 1.54) is 0 Å². The van der Waals surface area contributed by atoms with E-state index in [-0.39, 0.29) is 11.8 Å². The second kappa shape index (κ2) is 4.30. The molecule has 5 heteroatoms. The average Bonchev–Trinajstić information content (AvgIpc) is 2.46. The van der Waals surface area contributed by atoms with Gasteiger partial charge in [-0.1, -0.05) is 49.6 Å². The summed E-state index contributed by atoms with van der Waals surface area (Å²) < 4.78 is 0.845. The molecule has 0 aliphatic carbocycles. The van der Waals surface area contributed by atoms with Gasteiger partial charge in [-0.25, -0.2) is 0 Å². The normalized spacial score (nSPS) is 24.7. The maximum atomic E-state index is 11.7. The molecule has 1 N–H and O–H groups in total. The lowest BCUT2D eigenvalue weighted by Crippen LogP contribution is -2.22. The summed E-state index contributed by atoms with van der Waals surface area (Å²) in [4.78, 5) is 22.6. The molecule has 84 valence electrons. The van der Waals surface area contributed by atoms with Crippen LogP contribution in [0, 0.1) is 6.92 Å². The highest BCUT2D eigenvalue weighted by atomic mass is 79.9. The first kappa shape index (κ1) is 11.8. The van der Waals surface area contributed by atoms with Crippen LogP contribution in [0.2, 0.25) is 0 Å². The van der Waals surface area contributed by atoms with Gasteiger partial charge in [0.1, 0.15) is 4.83 Å². The molecule has 3 nitrogen and oxygen atoms in total. The first-order valence-corrected chi connectivity index (χ1v) is 6.46. The Bertz CT molecular complexity index is 473. The van der Waals surface area contributed by atoms with Crippen molar-refractivity contribution in [1.29, 1.82) is 0 Å². The molecule has 1 saturated heterocycles. The van der Waals surface area contributed by atoms with E-state index >= 15 is 0 Å². The Hall–Kier alpha value is -0.680. The SMILES string of the molecule is Cc1ccc(Br)c(C2C(=O)NC(=O)C2Br)c1. The fourth-order valence-corrected chi connectivity index (χ4v) is 2.89. The zero-order valence-electron chi connectivity index (χ0n) is 8.46. The Balaban J connectivity index is 2.48. The quantitative estimate of drug-likeness (QED) is 0.626. The summed E-state index contributed by atoms with van der Waals surface area (Å²) in [7, 11) is 0. The first-order chi connectivity index (χ1) is 7.50. The van der Waals surface area contributed by atoms with Crippen LogP contribution < -0.4 is 5.32 Å². The average molecular weight is 347 g/mol. The minimum atomic E-state index is -0.488. The molecule has 1 aliphatic rings. The van der Waals surface area contributed by atoms with Crippen LogP contribution in [0.3, 0.4) is 0 Å². The summed E-state index contributed by atoms with van der Waals surface area (Å²) in [6.45, 7) is 1.95. The molecule has 1 fully saturated rings. The number of amides is 2. The molecular weight excluding hydrogens is 338 g/mol. The van der Waals surface area contributed by atoms with E-state index in [0.717, 1.165) is 15.6 Å². The molecule has 0 radical (unpaired) electrons. The van der Waals surface area contributed by atoms with Gasteiger partial charge in [-0.15, -0.1) is 0 Å². The second-order valence-corrected chi connectivity index (χ2v) is 5.60. The van der Waals surface area contributed by atoms with Gasteiger partial charge in [-0.05, 0) is 18.6 Å². The van der Waals surface area contributed by atoms with Gasteiger partial charge >= 0.3 is 0 Å². The zero-order valence-corrected chi connectivity index (χ0v) is 11.6. The third kappa shape index (κ3) is 1.94. The van der Waals surface area contributed by atoms with Gasteiger partial charge in [0.2, 0.25) is 11.8 Å². The molecule has 0 spiro atoms. The lowest BCUT2D eigenvalue weighted by atomic mass is 9.96. The van der Waals surface area contributed by atoms with Crippen LogP contribution in [0.4, 0.5) is 0 Å². The smallest absolute Gasteiger partial charge is 0.241 e. The summed E-state index contributed by atoms with van der Waals surface area (Å²) in [5.41, 5.74) is 1.90. The molecule has 2 rings (SSSR count). The molecule has 1 aromatic carbocycles. The summed E-state index contributed by atoms with van der Waals surface area (Å²) >= 11 is 6.66. The number of alkyl halides is 1. The summed E-state index contributed by atoms with van der Waals surface area (Å²) in [5.74, 6) is -0.983. The molecule has 2 unspecified atom stereocenters. The van der Waals surface area contributed by atoms with Crippen LogP contribution in [0.15, 0.2) is 22.7 Å². The lowest BCUT2D eigenvalue weighted by Gasteiger charge is -2.13. The highest BCUT2D eigenvalue weighted by Crippen LogP contribution is 2.34. The van der Waals surface area contributed by atoms with E-state index < -0.39 is 10.7 Å². The molecule has 2 atom stereocenters. The maximum absolute atomic E-state index is 11.7. The number of imide groups is 1. The Morgan fingerprint density at radius 3 is 2.50 bits per heavy atom. The predicted molar refractivity (Wildman–Crippen MR) is 67.5 cm³/mol. The number of carbonyl (C=O) groups is 2. The van der Waals surface area contributed by atoms with Gasteiger partial charge in [0, 0.05) is 4.47 Å². The predicted octanol–water partition coefficient (Wildman–Crippen LogP) is 2.26. The largest absolute Gasteiger partial charge is 0.295 e. The summed E-state index contributed by atoms with van der Waals surface area (Å²) in [6, 6.07) is 5.76. The fourth-order valence-electron chi connectivity index (χ4n) is 1.75. The monoisotopic (exact) mass is 345 g/mol. The zero-order chi connectivity index (χ0) is 11.9. The lowest BCUT2D eigenvalue weighted by molar-refractivity contribution is -0.125. The van der Waals surface area contributed by atoms with Gasteiger partial charge < -0.3 is 0 Å². The maximum Gasteiger partial charge on any atom is 0.241 e. The van der Waals surface area contributed by atoms with Gasteiger partial charge in [-0.3, -0.25) is 14.9 Å². The number of hydrogen-bond acceptors (Lipinski definition) is 2. The molecule has 16 heavy (non-hydrogen) atoms. The number of hydrogen-bond donors (Lipinski definition) is 1. The summed E-state index contributed by atoms with van der Waals surface area (Å²) in [6.07, 6.45) is 0. The van der Waals surface area contributed by atoms with E-state index in [1.54, 1.807) is 0 Å². The van der Waals surface area contributed by atoms with Crippen molar-refractivity contribution < 1.29 is 9.59 Å². The van der Waals surface area contributed by atoms with Crippen molar-refractivity contribution >= 4 is 43.7 Å². The third-order valence-electron chi connectivity index (χ3n) is 2.56. The van der Waals surface area contributed by atoms with Crippen molar-refractivity contribution in [3.8, 4) is 0 Å². The highest BCUT2D eigenvalue weighted by molar-refractivity contribution is 9.10. The number of rotatable bonds is 1. The minimum Gasteiger partial charge on any atom is -0.295 e. The van der Waals surface area contributed by atoms with Crippen LogP contribution in [0.25, 0.3) is 0 Å². The molecular formula is C11H9Br2NO2. The Labute approximate surface area is 110 Å². The molecule has 1 aliphatic heterocycles. The van der Waals surface area contributed by atoms with Crippen LogP contribution in [-0.2, 0) is 9.59 Å². The van der Waals surface area contributed by atoms with Crippen molar-refractivity contribution in [3.05, 3.63) is 33.8 Å². The van der Waals surface area contributed by atoms with Crippen LogP contribution >= 0.6 is 31.9 Å². The van der Waals surface area contributed by atoms with Crippen LogP contribution in [0.5, 0.6) is 0 Å². The first-order valence-electron chi connectivity index (χ1n) is 4.75. The Morgan fingerprint density at radius 1 is 1.25 bits per heavy atom. The van der Waals surface area contributed by atoms with Gasteiger partial charge in [0.05, 0.1) is 5.92 Å². The van der Waals surface area contributed by atoms with Gasteiger partial charge in [0.15, 0.2) is 0 Å². The molecule has 2 amide bonds. The Morgan fingerprint density at radius 2 is 1.94 bits per heavy atom. The molecule has 1 heterocycles. The molecule has 1 aromatic rings. The number of halogens is 2. The molecule has 0 saturated carbocycles. The van der Waals surface area contributed by atoms with Crippen molar-refractivity contribution in [3.63, 3.8) is 0 Å². The van der Waals surface area contributed by atoms with Gasteiger partial charge in [0.25, 0.3) is 0 Å². The van der Waals surface area contributed by atoms with Crippen molar-refractivity contribution in [2.45, 2.75) is 17.7 Å². The topological polar surface area (TPSA) is 46.2 Å². The van der Waals surface area contributed by atoms with E-state index in [1.807, 2.05) is 25.1 Å². The number of aryl methyl sites for hydroxylation is 1. The van der Waals surface area contributed by atoms with Crippen LogP contribution in [-0.4, -0.2) is 16.6 Å². The van der Waals surface area contributed by atoms with E-state index in [2.05, 4.69) is 37.2 Å². The molecule has 0 aromatic heterocycles. The number of carbonyl (C=O) groups excluding carboxylic acids is 2. The van der Waals surface area contributed by atoms with Crippen molar-refractivity contribution in [2.24, 2.45) is 0 Å². The fraction of sp³-hybridized carbons (Fsp3) is 0.273. The van der Waals surface area contributed by atoms with Crippen molar-refractivity contribution in [1.82, 2.24) is 5.32 Å². The van der Waals surface area contributed by atoms with Gasteiger partial charge in [-0.2, -0.15) is 0 Å². The van der Waals surface area contributed by atoms with E-state index in [9.17, 15) is 9.59 Å². The number of nitrogens with one attached hydrogen (secondary N) is 1. The van der Waals surface area contributed by atoms with E-state index in [0.29, 0.717) is 0 Å². The second-order valence-electron chi connectivity index (χ2n) is 3.76. The van der Waals surface area contributed by atoms with Crippen LogP contribution in [0.1, 0.15) is 17.0 Å². The molecule has 0 bridgehead atoms. The summed E-state index contributed by atoms with van der Waals surface area (Å²) in [5, 5.41) is 2.32. The highest BCUT2D eigenvalue weighted by Gasteiger charge is 2.41. The minimum absolute atomic E-state index is 0.252. The van der Waals surface area contributed by atoms with Crippen molar-refractivity contribution in [2.75, 3.05) is 0 Å². The van der Waals surface area contributed by atoms with E-state index in [4.69, 9.17) is 0 Å². The third-order valence-corrected chi connectivity index (χ3v) is 4.23. The standard InChI is InChI=1S/C11H9Br2NO2/c1-5-2-3-7(12)6(4-5)8-9(13)11(16)14-10(8)15/h2-4,8-9H,1H3,(H,14,15,16). The Kier molecular flexibility index (Phi) is 3.17.